The predicted octanol–water partition coefficient (Wildman–Crippen LogP) is 3.40. The lowest BCUT2D eigenvalue weighted by atomic mass is 10.0. The van der Waals surface area contributed by atoms with Crippen LogP contribution in [0.2, 0.25) is 0 Å². The van der Waals surface area contributed by atoms with E-state index in [-0.39, 0.29) is 17.3 Å². The van der Waals surface area contributed by atoms with E-state index in [1.165, 1.54) is 12.1 Å². The zero-order valence-electron chi connectivity index (χ0n) is 22.7. The van der Waals surface area contributed by atoms with E-state index in [1.54, 1.807) is 12.1 Å². The number of likely N-dealkylation sites (N-methyl/N-ethyl adjacent to an activating group) is 1. The molecule has 2 fully saturated rings. The smallest absolute Gasteiger partial charge is 0.367 e. The molecule has 3 N–H and O–H groups in total. The second-order valence-corrected chi connectivity index (χ2v) is 10.3. The maximum Gasteiger partial charge on any atom is 0.417 e. The Morgan fingerprint density at radius 3 is 2.54 bits per heavy atom. The molecule has 1 atom stereocenters. The first-order chi connectivity index (χ1) is 19.5. The summed E-state index contributed by atoms with van der Waals surface area (Å²) in [6.07, 6.45) is -4.19. The molecule has 1 aromatic carbocycles. The standard InChI is InChI=1S/C28H31F4N7O2/c1-17-16-39(11-10-37(17)2)24-14-21(29)18(22-4-3-5-25(35-22)38-8-6-33-7-9-38)12-23(24)36-27(41)19-15-34-26(40)13-20(19)28(30,31)32/h3-5,12-15,17,33H,6-11,16H2,1-2H3,(H,34,40)(H,36,41)/t17-/m0/s1. The molecule has 9 nitrogen and oxygen atoms in total. The number of carbonyl (C=O) groups excluding carboxylic acids is 1. The van der Waals surface area contributed by atoms with Crippen LogP contribution in [0.15, 0.2) is 47.4 Å². The molecular formula is C28H31F4N7O2. The molecule has 2 aliphatic rings. The summed E-state index contributed by atoms with van der Waals surface area (Å²) in [6, 6.07) is 8.42. The Morgan fingerprint density at radius 2 is 1.83 bits per heavy atom. The lowest BCUT2D eigenvalue weighted by Crippen LogP contribution is -2.50. The quantitative estimate of drug-likeness (QED) is 0.403. The monoisotopic (exact) mass is 573 g/mol. The Balaban J connectivity index is 1.56. The first-order valence-electron chi connectivity index (χ1n) is 13.3. The first-order valence-corrected chi connectivity index (χ1v) is 13.3. The minimum absolute atomic E-state index is 0.0979. The minimum Gasteiger partial charge on any atom is -0.367 e. The average Bonchev–Trinajstić information content (AvgIpc) is 2.95. The fraction of sp³-hybridized carbons (Fsp3) is 0.393. The van der Waals surface area contributed by atoms with Crippen molar-refractivity contribution in [1.29, 1.82) is 0 Å². The molecule has 0 spiro atoms. The number of anilines is 3. The van der Waals surface area contributed by atoms with Gasteiger partial charge in [-0.15, -0.1) is 0 Å². The number of pyridine rings is 2. The molecule has 5 rings (SSSR count). The van der Waals surface area contributed by atoms with Crippen LogP contribution in [0.4, 0.5) is 34.8 Å². The summed E-state index contributed by atoms with van der Waals surface area (Å²) >= 11 is 0. The highest BCUT2D eigenvalue weighted by Crippen LogP contribution is 2.37. The summed E-state index contributed by atoms with van der Waals surface area (Å²) in [5, 5.41) is 5.84. The molecule has 2 saturated heterocycles. The van der Waals surface area contributed by atoms with Crippen LogP contribution in [0.3, 0.4) is 0 Å². The lowest BCUT2D eigenvalue weighted by molar-refractivity contribution is -0.138. The number of aromatic nitrogens is 2. The minimum atomic E-state index is -4.93. The van der Waals surface area contributed by atoms with Gasteiger partial charge in [-0.05, 0) is 38.2 Å². The van der Waals surface area contributed by atoms with Gasteiger partial charge in [0.1, 0.15) is 11.6 Å². The van der Waals surface area contributed by atoms with E-state index >= 15 is 4.39 Å². The number of hydrogen-bond donors (Lipinski definition) is 3. The summed E-state index contributed by atoms with van der Waals surface area (Å²) < 4.78 is 56.8. The number of piperazine rings is 2. The summed E-state index contributed by atoms with van der Waals surface area (Å²) in [5.74, 6) is -0.985. The van der Waals surface area contributed by atoms with Gasteiger partial charge >= 0.3 is 6.18 Å². The number of aromatic amines is 1. The molecular weight excluding hydrogens is 542 g/mol. The molecule has 1 amide bonds. The van der Waals surface area contributed by atoms with Crippen molar-refractivity contribution in [2.45, 2.75) is 19.1 Å². The average molecular weight is 574 g/mol. The molecule has 0 saturated carbocycles. The van der Waals surface area contributed by atoms with Crippen molar-refractivity contribution < 1.29 is 22.4 Å². The van der Waals surface area contributed by atoms with Gasteiger partial charge in [-0.1, -0.05) is 6.07 Å². The van der Waals surface area contributed by atoms with E-state index in [2.05, 4.69) is 30.4 Å². The third kappa shape index (κ3) is 6.20. The molecule has 218 valence electrons. The van der Waals surface area contributed by atoms with Crippen molar-refractivity contribution in [2.75, 3.05) is 68.0 Å². The SMILES string of the molecule is C[C@H]1CN(c2cc(F)c(-c3cccc(N4CCNCC4)n3)cc2NC(=O)c2c[nH]c(=O)cc2C(F)(F)F)CCN1C. The van der Waals surface area contributed by atoms with Crippen molar-refractivity contribution in [1.82, 2.24) is 20.2 Å². The number of carbonyl (C=O) groups is 1. The zero-order chi connectivity index (χ0) is 29.3. The van der Waals surface area contributed by atoms with Crippen molar-refractivity contribution in [3.05, 3.63) is 69.9 Å². The topological polar surface area (TPSA) is 96.6 Å². The highest BCUT2D eigenvalue weighted by Gasteiger charge is 2.36. The summed E-state index contributed by atoms with van der Waals surface area (Å²) in [5.41, 5.74) is -2.19. The molecule has 0 bridgehead atoms. The maximum absolute atomic E-state index is 15.7. The summed E-state index contributed by atoms with van der Waals surface area (Å²) in [4.78, 5) is 37.8. The van der Waals surface area contributed by atoms with Crippen LogP contribution in [0, 0.1) is 5.82 Å². The highest BCUT2D eigenvalue weighted by atomic mass is 19.4. The number of nitrogens with zero attached hydrogens (tertiary/aromatic N) is 4. The number of benzene rings is 1. The van der Waals surface area contributed by atoms with Crippen LogP contribution in [-0.4, -0.2) is 79.7 Å². The van der Waals surface area contributed by atoms with Gasteiger partial charge in [0.15, 0.2) is 0 Å². The normalized spacial score (nSPS) is 18.4. The van der Waals surface area contributed by atoms with Gasteiger partial charge in [0.2, 0.25) is 5.56 Å². The van der Waals surface area contributed by atoms with E-state index < -0.39 is 34.6 Å². The molecule has 2 aromatic heterocycles. The maximum atomic E-state index is 15.7. The number of rotatable bonds is 5. The zero-order valence-corrected chi connectivity index (χ0v) is 22.7. The molecule has 41 heavy (non-hydrogen) atoms. The van der Waals surface area contributed by atoms with E-state index in [4.69, 9.17) is 0 Å². The molecule has 0 aliphatic carbocycles. The molecule has 0 radical (unpaired) electrons. The Hall–Kier alpha value is -3.97. The molecule has 13 heteroatoms. The van der Waals surface area contributed by atoms with Gasteiger partial charge in [0.05, 0.1) is 28.2 Å². The highest BCUT2D eigenvalue weighted by molar-refractivity contribution is 6.07. The fourth-order valence-electron chi connectivity index (χ4n) is 5.11. The van der Waals surface area contributed by atoms with Gasteiger partial charge in [0.25, 0.3) is 5.91 Å². The van der Waals surface area contributed by atoms with Gasteiger partial charge < -0.3 is 30.3 Å². The molecule has 0 unspecified atom stereocenters. The van der Waals surface area contributed by atoms with Crippen LogP contribution >= 0.6 is 0 Å². The van der Waals surface area contributed by atoms with Crippen LogP contribution in [0.25, 0.3) is 11.3 Å². The number of nitrogens with one attached hydrogen (secondary N) is 3. The van der Waals surface area contributed by atoms with E-state index in [9.17, 15) is 22.8 Å². The van der Waals surface area contributed by atoms with Gasteiger partial charge in [0, 0.05) is 69.7 Å². The number of hydrogen-bond acceptors (Lipinski definition) is 7. The third-order valence-corrected chi connectivity index (χ3v) is 7.56. The Morgan fingerprint density at radius 1 is 1.07 bits per heavy atom. The van der Waals surface area contributed by atoms with Crippen LogP contribution < -0.4 is 26.0 Å². The third-order valence-electron chi connectivity index (χ3n) is 7.56. The fourth-order valence-corrected chi connectivity index (χ4v) is 5.11. The number of halogens is 4. The molecule has 2 aliphatic heterocycles. The first kappa shape index (κ1) is 28.6. The second kappa shape index (κ2) is 11.5. The van der Waals surface area contributed by atoms with E-state index in [1.807, 2.05) is 24.9 Å². The van der Waals surface area contributed by atoms with Gasteiger partial charge in [-0.2, -0.15) is 13.2 Å². The Labute approximate surface area is 234 Å². The van der Waals surface area contributed by atoms with Crippen LogP contribution in [0.1, 0.15) is 22.8 Å². The second-order valence-electron chi connectivity index (χ2n) is 10.3. The van der Waals surface area contributed by atoms with Crippen LogP contribution in [0.5, 0.6) is 0 Å². The number of amides is 1. The van der Waals surface area contributed by atoms with Crippen LogP contribution in [-0.2, 0) is 6.18 Å². The molecule has 4 heterocycles. The van der Waals surface area contributed by atoms with Gasteiger partial charge in [-0.25, -0.2) is 9.37 Å². The van der Waals surface area contributed by atoms with Crippen molar-refractivity contribution in [3.63, 3.8) is 0 Å². The summed E-state index contributed by atoms with van der Waals surface area (Å²) in [7, 11) is 1.97. The lowest BCUT2D eigenvalue weighted by Gasteiger charge is -2.39. The Kier molecular flexibility index (Phi) is 8.00. The predicted molar refractivity (Wildman–Crippen MR) is 149 cm³/mol. The van der Waals surface area contributed by atoms with Crippen molar-refractivity contribution in [3.8, 4) is 11.3 Å². The van der Waals surface area contributed by atoms with E-state index in [0.717, 1.165) is 32.4 Å². The van der Waals surface area contributed by atoms with Crippen molar-refractivity contribution >= 4 is 23.1 Å². The largest absolute Gasteiger partial charge is 0.417 e. The van der Waals surface area contributed by atoms with Gasteiger partial charge in [-0.3, -0.25) is 9.59 Å². The van der Waals surface area contributed by atoms with Crippen molar-refractivity contribution in [2.24, 2.45) is 0 Å². The summed E-state index contributed by atoms with van der Waals surface area (Å²) in [6.45, 7) is 6.77. The van der Waals surface area contributed by atoms with E-state index in [0.29, 0.717) is 42.9 Å². The number of H-pyrrole nitrogens is 1. The Bertz CT molecular complexity index is 1490. The number of alkyl halides is 3. The molecule has 3 aromatic rings.